The molecule has 2 aliphatic rings. The van der Waals surface area contributed by atoms with E-state index >= 15 is 0 Å². The molecule has 0 bridgehead atoms. The van der Waals surface area contributed by atoms with Crippen molar-refractivity contribution in [2.75, 3.05) is 19.7 Å². The molecule has 1 aliphatic carbocycles. The topological polar surface area (TPSA) is 63.7 Å². The molecule has 2 aromatic carbocycles. The van der Waals surface area contributed by atoms with Gasteiger partial charge in [-0.05, 0) is 80.0 Å². The van der Waals surface area contributed by atoms with E-state index in [1.165, 1.54) is 41.8 Å². The fourth-order valence-electron chi connectivity index (χ4n) is 4.37. The molecule has 162 valence electrons. The van der Waals surface area contributed by atoms with E-state index in [9.17, 15) is 18.8 Å². The Morgan fingerprint density at radius 1 is 0.935 bits per heavy atom. The summed E-state index contributed by atoms with van der Waals surface area (Å²) in [6.07, 6.45) is 5.63. The molecule has 5 nitrogen and oxygen atoms in total. The summed E-state index contributed by atoms with van der Waals surface area (Å²) in [5, 5.41) is 0. The van der Waals surface area contributed by atoms with Gasteiger partial charge in [0, 0.05) is 24.2 Å². The highest BCUT2D eigenvalue weighted by molar-refractivity contribution is 5.98. The van der Waals surface area contributed by atoms with Gasteiger partial charge < -0.3 is 9.64 Å². The Morgan fingerprint density at radius 3 is 2.42 bits per heavy atom. The normalized spacial score (nSPS) is 18.2. The van der Waals surface area contributed by atoms with Crippen LogP contribution in [0.25, 0.3) is 0 Å². The highest BCUT2D eigenvalue weighted by Gasteiger charge is 2.30. The Kier molecular flexibility index (Phi) is 6.44. The number of benzene rings is 2. The third-order valence-corrected chi connectivity index (χ3v) is 6.15. The first-order chi connectivity index (χ1) is 15.0. The summed E-state index contributed by atoms with van der Waals surface area (Å²) in [6, 6.07) is 11.1. The molecule has 1 unspecified atom stereocenters. The van der Waals surface area contributed by atoms with Crippen LogP contribution in [0.4, 0.5) is 4.39 Å². The third kappa shape index (κ3) is 5.01. The molecule has 0 spiro atoms. The fraction of sp³-hybridized carbons (Fsp3) is 0.400. The minimum absolute atomic E-state index is 0.211. The predicted octanol–water partition coefficient (Wildman–Crippen LogP) is 3.98. The Balaban J connectivity index is 1.32. The number of esters is 1. The number of rotatable bonds is 5. The largest absolute Gasteiger partial charge is 0.457 e. The van der Waals surface area contributed by atoms with E-state index in [4.69, 9.17) is 4.74 Å². The minimum Gasteiger partial charge on any atom is -0.457 e. The Morgan fingerprint density at radius 2 is 1.65 bits per heavy atom. The molecule has 4 rings (SSSR count). The van der Waals surface area contributed by atoms with Gasteiger partial charge in [-0.15, -0.1) is 0 Å². The number of carbonyl (C=O) groups excluding carboxylic acids is 3. The van der Waals surface area contributed by atoms with Crippen molar-refractivity contribution in [3.63, 3.8) is 0 Å². The molecule has 1 saturated heterocycles. The Hall–Kier alpha value is -3.02. The number of ketones is 1. The van der Waals surface area contributed by atoms with Crippen molar-refractivity contribution in [3.8, 4) is 0 Å². The number of likely N-dealkylation sites (tertiary alicyclic amines) is 1. The average molecular weight is 423 g/mol. The van der Waals surface area contributed by atoms with Crippen molar-refractivity contribution >= 4 is 17.7 Å². The molecule has 1 heterocycles. The number of amides is 1. The molecule has 0 N–H and O–H groups in total. The molecule has 1 aliphatic heterocycles. The molecule has 1 atom stereocenters. The first-order valence-electron chi connectivity index (χ1n) is 10.9. The summed E-state index contributed by atoms with van der Waals surface area (Å²) < 4.78 is 18.4. The summed E-state index contributed by atoms with van der Waals surface area (Å²) in [5.74, 6) is -1.77. The second-order valence-electron chi connectivity index (χ2n) is 8.32. The van der Waals surface area contributed by atoms with E-state index in [0.29, 0.717) is 30.5 Å². The van der Waals surface area contributed by atoms with Crippen molar-refractivity contribution < 1.29 is 23.5 Å². The quantitative estimate of drug-likeness (QED) is 0.539. The van der Waals surface area contributed by atoms with E-state index in [-0.39, 0.29) is 24.8 Å². The van der Waals surface area contributed by atoms with Gasteiger partial charge in [-0.1, -0.05) is 12.1 Å². The van der Waals surface area contributed by atoms with Crippen LogP contribution in [0.5, 0.6) is 0 Å². The lowest BCUT2D eigenvalue weighted by Crippen LogP contribution is -2.43. The number of aryl methyl sites for hydroxylation is 2. The maximum Gasteiger partial charge on any atom is 0.311 e. The van der Waals surface area contributed by atoms with Crippen LogP contribution in [0.15, 0.2) is 42.5 Å². The summed E-state index contributed by atoms with van der Waals surface area (Å²) in [6.45, 7) is 0.482. The maximum absolute atomic E-state index is 13.1. The molecule has 31 heavy (non-hydrogen) atoms. The Bertz CT molecular complexity index is 986. The van der Waals surface area contributed by atoms with Gasteiger partial charge in [-0.2, -0.15) is 0 Å². The summed E-state index contributed by atoms with van der Waals surface area (Å²) in [4.78, 5) is 39.3. The maximum atomic E-state index is 13.1. The number of halogens is 1. The lowest BCUT2D eigenvalue weighted by molar-refractivity contribution is -0.148. The summed E-state index contributed by atoms with van der Waals surface area (Å²) in [5.41, 5.74) is 3.47. The second-order valence-corrected chi connectivity index (χ2v) is 8.32. The van der Waals surface area contributed by atoms with Crippen LogP contribution in [-0.2, 0) is 22.4 Å². The van der Waals surface area contributed by atoms with E-state index in [1.807, 2.05) is 18.2 Å². The standard InChI is InChI=1S/C25H26FNO4/c26-22-11-9-18(10-12-22)24(29)27-13-3-6-21(15-27)25(30)31-16-23(28)20-8-7-17-4-1-2-5-19(17)14-20/h7-12,14,21H,1-6,13,15-16H2. The monoisotopic (exact) mass is 423 g/mol. The predicted molar refractivity (Wildman–Crippen MR) is 113 cm³/mol. The van der Waals surface area contributed by atoms with E-state index in [0.717, 1.165) is 19.3 Å². The molecule has 2 aromatic rings. The van der Waals surface area contributed by atoms with Gasteiger partial charge in [-0.25, -0.2) is 4.39 Å². The number of fused-ring (bicyclic) bond motifs is 1. The highest BCUT2D eigenvalue weighted by atomic mass is 19.1. The lowest BCUT2D eigenvalue weighted by Gasteiger charge is -2.31. The van der Waals surface area contributed by atoms with E-state index in [1.54, 1.807) is 4.90 Å². The average Bonchev–Trinajstić information content (AvgIpc) is 2.82. The van der Waals surface area contributed by atoms with Crippen molar-refractivity contribution in [3.05, 3.63) is 70.5 Å². The number of piperidine rings is 1. The smallest absolute Gasteiger partial charge is 0.311 e. The molecular weight excluding hydrogens is 397 g/mol. The van der Waals surface area contributed by atoms with Crippen LogP contribution in [-0.4, -0.2) is 42.3 Å². The molecule has 0 radical (unpaired) electrons. The van der Waals surface area contributed by atoms with Crippen LogP contribution >= 0.6 is 0 Å². The van der Waals surface area contributed by atoms with Crippen molar-refractivity contribution in [1.29, 1.82) is 0 Å². The molecule has 0 aromatic heterocycles. The van der Waals surface area contributed by atoms with Gasteiger partial charge in [0.05, 0.1) is 5.92 Å². The van der Waals surface area contributed by atoms with Gasteiger partial charge in [0.2, 0.25) is 0 Å². The Labute approximate surface area is 181 Å². The number of hydrogen-bond donors (Lipinski definition) is 0. The van der Waals surface area contributed by atoms with Gasteiger partial charge in [0.15, 0.2) is 12.4 Å². The third-order valence-electron chi connectivity index (χ3n) is 6.15. The second kappa shape index (κ2) is 9.41. The van der Waals surface area contributed by atoms with Crippen molar-refractivity contribution in [2.45, 2.75) is 38.5 Å². The zero-order valence-corrected chi connectivity index (χ0v) is 17.4. The van der Waals surface area contributed by atoms with Crippen LogP contribution in [0.2, 0.25) is 0 Å². The zero-order valence-electron chi connectivity index (χ0n) is 17.4. The molecule has 1 amide bonds. The van der Waals surface area contributed by atoms with Crippen LogP contribution < -0.4 is 0 Å². The lowest BCUT2D eigenvalue weighted by atomic mass is 9.90. The van der Waals surface area contributed by atoms with Crippen LogP contribution in [0, 0.1) is 11.7 Å². The number of Topliss-reactive ketones (excluding diaryl/α,β-unsaturated/α-hetero) is 1. The van der Waals surface area contributed by atoms with Gasteiger partial charge in [-0.3, -0.25) is 14.4 Å². The van der Waals surface area contributed by atoms with Gasteiger partial charge in [0.25, 0.3) is 5.91 Å². The summed E-state index contributed by atoms with van der Waals surface area (Å²) in [7, 11) is 0. The fourth-order valence-corrected chi connectivity index (χ4v) is 4.37. The van der Waals surface area contributed by atoms with Gasteiger partial charge in [0.1, 0.15) is 5.82 Å². The molecule has 6 heteroatoms. The minimum atomic E-state index is -0.463. The highest BCUT2D eigenvalue weighted by Crippen LogP contribution is 2.23. The number of nitrogens with zero attached hydrogens (tertiary/aromatic N) is 1. The van der Waals surface area contributed by atoms with Crippen molar-refractivity contribution in [2.24, 2.45) is 5.92 Å². The molecule has 1 fully saturated rings. The SMILES string of the molecule is O=C(COC(=O)C1CCCN(C(=O)c2ccc(F)cc2)C1)c1ccc2c(c1)CCCC2. The van der Waals surface area contributed by atoms with Crippen LogP contribution in [0.3, 0.4) is 0 Å². The first-order valence-corrected chi connectivity index (χ1v) is 10.9. The summed E-state index contributed by atoms with van der Waals surface area (Å²) >= 11 is 0. The zero-order chi connectivity index (χ0) is 21.8. The number of ether oxygens (including phenoxy) is 1. The number of carbonyl (C=O) groups is 3. The molecular formula is C25H26FNO4. The molecule has 0 saturated carbocycles. The van der Waals surface area contributed by atoms with Crippen LogP contribution in [0.1, 0.15) is 57.5 Å². The number of hydrogen-bond acceptors (Lipinski definition) is 4. The van der Waals surface area contributed by atoms with Gasteiger partial charge >= 0.3 is 5.97 Å². The van der Waals surface area contributed by atoms with E-state index < -0.39 is 17.7 Å². The first kappa shape index (κ1) is 21.2. The van der Waals surface area contributed by atoms with E-state index in [2.05, 4.69) is 0 Å². The van der Waals surface area contributed by atoms with Crippen molar-refractivity contribution in [1.82, 2.24) is 4.90 Å².